The lowest BCUT2D eigenvalue weighted by atomic mass is 10.1. The Labute approximate surface area is 191 Å². The molecule has 10 nitrogen and oxygen atoms in total. The molecule has 1 aliphatic heterocycles. The van der Waals surface area contributed by atoms with E-state index in [-0.39, 0.29) is 16.2 Å². The number of imide groups is 1. The molecular formula is C22H25N3O7S. The molecular weight excluding hydrogens is 450 g/mol. The number of carbonyl (C=O) groups is 3. The summed E-state index contributed by atoms with van der Waals surface area (Å²) >= 11 is 0. The lowest BCUT2D eigenvalue weighted by Crippen LogP contribution is -2.41. The van der Waals surface area contributed by atoms with Crippen molar-refractivity contribution >= 4 is 27.9 Å². The van der Waals surface area contributed by atoms with E-state index in [0.717, 1.165) is 12.8 Å². The molecule has 1 saturated heterocycles. The maximum atomic E-state index is 13.1. The largest absolute Gasteiger partial charge is 0.495 e. The van der Waals surface area contributed by atoms with Gasteiger partial charge < -0.3 is 14.8 Å². The zero-order valence-electron chi connectivity index (χ0n) is 18.2. The molecule has 33 heavy (non-hydrogen) atoms. The van der Waals surface area contributed by atoms with Gasteiger partial charge in [-0.05, 0) is 31.0 Å². The number of methoxy groups -OCH3 is 1. The lowest BCUT2D eigenvalue weighted by molar-refractivity contribution is -0.129. The number of sulfonamides is 1. The molecule has 0 spiro atoms. The minimum Gasteiger partial charge on any atom is -0.495 e. The fourth-order valence-corrected chi connectivity index (χ4v) is 5.09. The average Bonchev–Trinajstić information content (AvgIpc) is 3.38. The van der Waals surface area contributed by atoms with Crippen LogP contribution in [-0.2, 0) is 19.6 Å². The highest BCUT2D eigenvalue weighted by atomic mass is 32.2. The molecule has 2 N–H and O–H groups in total. The van der Waals surface area contributed by atoms with E-state index in [2.05, 4.69) is 10.6 Å². The van der Waals surface area contributed by atoms with Crippen LogP contribution >= 0.6 is 0 Å². The van der Waals surface area contributed by atoms with Gasteiger partial charge >= 0.3 is 12.0 Å². The first-order valence-electron chi connectivity index (χ1n) is 10.2. The lowest BCUT2D eigenvalue weighted by Gasteiger charge is -2.19. The number of urea groups is 1. The average molecular weight is 476 g/mol. The van der Waals surface area contributed by atoms with Crippen molar-refractivity contribution in [3.05, 3.63) is 59.7 Å². The summed E-state index contributed by atoms with van der Waals surface area (Å²) in [5, 5.41) is 4.34. The molecule has 0 aliphatic carbocycles. The van der Waals surface area contributed by atoms with E-state index in [1.54, 1.807) is 30.3 Å². The number of amides is 3. The van der Waals surface area contributed by atoms with Crippen LogP contribution in [0, 0.1) is 0 Å². The Balaban J connectivity index is 1.92. The summed E-state index contributed by atoms with van der Waals surface area (Å²) in [4.78, 5) is 37.0. The van der Waals surface area contributed by atoms with Crippen molar-refractivity contribution in [1.82, 2.24) is 14.9 Å². The molecule has 11 heteroatoms. The summed E-state index contributed by atoms with van der Waals surface area (Å²) in [6.45, 7) is 0.770. The quantitative estimate of drug-likeness (QED) is 0.584. The van der Waals surface area contributed by atoms with Gasteiger partial charge in [0.1, 0.15) is 10.6 Å². The highest BCUT2D eigenvalue weighted by molar-refractivity contribution is 7.89. The van der Waals surface area contributed by atoms with Crippen LogP contribution in [0.4, 0.5) is 4.79 Å². The number of nitrogens with one attached hydrogen (secondary N) is 2. The molecule has 1 atom stereocenters. The molecule has 1 heterocycles. The maximum absolute atomic E-state index is 13.1. The summed E-state index contributed by atoms with van der Waals surface area (Å²) in [6.07, 6.45) is 0.0714. The summed E-state index contributed by atoms with van der Waals surface area (Å²) in [7, 11) is -1.21. The molecule has 0 unspecified atom stereocenters. The highest BCUT2D eigenvalue weighted by Crippen LogP contribution is 2.30. The third-order valence-corrected chi connectivity index (χ3v) is 7.03. The van der Waals surface area contributed by atoms with Crippen LogP contribution < -0.4 is 15.4 Å². The van der Waals surface area contributed by atoms with Crippen molar-refractivity contribution in [2.75, 3.05) is 27.2 Å². The van der Waals surface area contributed by atoms with Crippen molar-refractivity contribution in [2.24, 2.45) is 0 Å². The zero-order valence-corrected chi connectivity index (χ0v) is 19.1. The number of benzene rings is 2. The molecule has 176 valence electrons. The minimum absolute atomic E-state index is 0.0813. The molecule has 3 amide bonds. The van der Waals surface area contributed by atoms with Crippen molar-refractivity contribution in [3.63, 3.8) is 0 Å². The summed E-state index contributed by atoms with van der Waals surface area (Å²) in [6, 6.07) is 11.3. The van der Waals surface area contributed by atoms with E-state index in [1.807, 2.05) is 0 Å². The molecule has 0 bridgehead atoms. The van der Waals surface area contributed by atoms with Crippen LogP contribution in [0.15, 0.2) is 53.4 Å². The van der Waals surface area contributed by atoms with Gasteiger partial charge in [-0.2, -0.15) is 4.31 Å². The van der Waals surface area contributed by atoms with Crippen LogP contribution in [0.1, 0.15) is 34.9 Å². The minimum atomic E-state index is -3.89. The third kappa shape index (κ3) is 5.49. The Morgan fingerprint density at radius 3 is 2.30 bits per heavy atom. The number of hydrogen-bond acceptors (Lipinski definition) is 7. The molecule has 2 aromatic rings. The normalized spacial score (nSPS) is 14.8. The first kappa shape index (κ1) is 24.2. The van der Waals surface area contributed by atoms with Crippen LogP contribution in [0.2, 0.25) is 0 Å². The highest BCUT2D eigenvalue weighted by Gasteiger charge is 2.32. The van der Waals surface area contributed by atoms with Crippen LogP contribution in [-0.4, -0.2) is 57.9 Å². The Hall–Kier alpha value is -3.44. The van der Waals surface area contributed by atoms with Crippen molar-refractivity contribution < 1.29 is 32.3 Å². The van der Waals surface area contributed by atoms with Crippen LogP contribution in [0.5, 0.6) is 5.75 Å². The van der Waals surface area contributed by atoms with Gasteiger partial charge in [0.25, 0.3) is 5.91 Å². The number of esters is 1. The molecule has 0 aromatic heterocycles. The maximum Gasteiger partial charge on any atom is 0.339 e. The molecule has 3 rings (SSSR count). The zero-order chi connectivity index (χ0) is 24.0. The van der Waals surface area contributed by atoms with Crippen LogP contribution in [0.25, 0.3) is 0 Å². The van der Waals surface area contributed by atoms with E-state index in [0.29, 0.717) is 18.7 Å². The first-order chi connectivity index (χ1) is 15.8. The second-order valence-electron chi connectivity index (χ2n) is 7.24. The number of carbonyl (C=O) groups excluding carboxylic acids is 3. The summed E-state index contributed by atoms with van der Waals surface area (Å²) in [5.74, 6) is -1.70. The molecule has 0 saturated carbocycles. The fourth-order valence-electron chi connectivity index (χ4n) is 3.39. The second-order valence-corrected chi connectivity index (χ2v) is 9.15. The fraction of sp³-hybridized carbons (Fsp3) is 0.318. The van der Waals surface area contributed by atoms with E-state index in [4.69, 9.17) is 9.47 Å². The van der Waals surface area contributed by atoms with E-state index >= 15 is 0 Å². The number of rotatable bonds is 7. The number of hydrogen-bond donors (Lipinski definition) is 2. The van der Waals surface area contributed by atoms with Gasteiger partial charge in [-0.3, -0.25) is 10.1 Å². The second kappa shape index (κ2) is 10.5. The van der Waals surface area contributed by atoms with Gasteiger partial charge in [-0.25, -0.2) is 18.0 Å². The predicted molar refractivity (Wildman–Crippen MR) is 118 cm³/mol. The smallest absolute Gasteiger partial charge is 0.339 e. The van der Waals surface area contributed by atoms with E-state index < -0.39 is 34.0 Å². The Morgan fingerprint density at radius 1 is 1.03 bits per heavy atom. The predicted octanol–water partition coefficient (Wildman–Crippen LogP) is 1.83. The van der Waals surface area contributed by atoms with Gasteiger partial charge in [0.15, 0.2) is 0 Å². The Kier molecular flexibility index (Phi) is 7.67. The number of ether oxygens (including phenoxy) is 2. The molecule has 2 aromatic carbocycles. The standard InChI is InChI=1S/C22H25N3O7S/c1-23-22(28)24-20(26)19(15-8-4-3-5-9-15)32-21(27)16-10-11-17(31-2)18(14-16)33(29,30)25-12-6-7-13-25/h3-5,8-11,14,19H,6-7,12-13H2,1-2H3,(H2,23,24,26,28)/t19-/m1/s1. The Morgan fingerprint density at radius 2 is 1.70 bits per heavy atom. The van der Waals surface area contributed by atoms with Gasteiger partial charge in [0, 0.05) is 25.7 Å². The van der Waals surface area contributed by atoms with Crippen molar-refractivity contribution in [1.29, 1.82) is 0 Å². The summed E-state index contributed by atoms with van der Waals surface area (Å²) < 4.78 is 38.1. The monoisotopic (exact) mass is 475 g/mol. The van der Waals surface area contributed by atoms with Gasteiger partial charge in [0.05, 0.1) is 12.7 Å². The van der Waals surface area contributed by atoms with Crippen molar-refractivity contribution in [3.8, 4) is 5.75 Å². The molecule has 0 radical (unpaired) electrons. The summed E-state index contributed by atoms with van der Waals surface area (Å²) in [5.41, 5.74) is 0.257. The van der Waals surface area contributed by atoms with Gasteiger partial charge in [-0.1, -0.05) is 30.3 Å². The topological polar surface area (TPSA) is 131 Å². The third-order valence-electron chi connectivity index (χ3n) is 5.11. The first-order valence-corrected chi connectivity index (χ1v) is 11.7. The number of nitrogens with zero attached hydrogens (tertiary/aromatic N) is 1. The SMILES string of the molecule is CNC(=O)NC(=O)[C@H](OC(=O)c1ccc(OC)c(S(=O)(=O)N2CCCC2)c1)c1ccccc1. The van der Waals surface area contributed by atoms with Gasteiger partial charge in [0.2, 0.25) is 16.1 Å². The van der Waals surface area contributed by atoms with Gasteiger partial charge in [-0.15, -0.1) is 0 Å². The Bertz CT molecular complexity index is 1130. The van der Waals surface area contributed by atoms with E-state index in [1.165, 1.54) is 36.7 Å². The molecule has 1 aliphatic rings. The van der Waals surface area contributed by atoms with Crippen molar-refractivity contribution in [2.45, 2.75) is 23.8 Å². The van der Waals surface area contributed by atoms with E-state index in [9.17, 15) is 22.8 Å². The molecule has 1 fully saturated rings. The van der Waals surface area contributed by atoms with Crippen LogP contribution in [0.3, 0.4) is 0 Å².